The summed E-state index contributed by atoms with van der Waals surface area (Å²) in [6.45, 7) is 3.89. The molecule has 1 aliphatic heterocycles. The summed E-state index contributed by atoms with van der Waals surface area (Å²) >= 11 is 0. The van der Waals surface area contributed by atoms with Crippen LogP contribution in [0.1, 0.15) is 26.5 Å². The number of nitrogen functional groups attached to an aromatic ring is 1. The normalized spacial score (nSPS) is 23.4. The largest absolute Gasteiger partial charge is 0.459 e. The molecule has 0 aliphatic carbocycles. The summed E-state index contributed by atoms with van der Waals surface area (Å²) in [5.41, 5.74) is 10.7. The first-order valence-corrected chi connectivity index (χ1v) is 7.46. The van der Waals surface area contributed by atoms with E-state index in [0.29, 0.717) is 0 Å². The molecule has 4 N–H and O–H groups in total. The SMILES string of the molecule is CCC(C)C(N)C(=O)OCC1OCC(n2ccc(N)nc2=O)O1. The van der Waals surface area contributed by atoms with E-state index in [9.17, 15) is 9.59 Å². The molecule has 23 heavy (non-hydrogen) atoms. The van der Waals surface area contributed by atoms with Crippen LogP contribution in [0.5, 0.6) is 0 Å². The lowest BCUT2D eigenvalue weighted by atomic mass is 10.0. The van der Waals surface area contributed by atoms with E-state index in [1.165, 1.54) is 16.8 Å². The minimum Gasteiger partial charge on any atom is -0.459 e. The zero-order chi connectivity index (χ0) is 17.0. The van der Waals surface area contributed by atoms with E-state index in [1.54, 1.807) is 0 Å². The smallest absolute Gasteiger partial charge is 0.351 e. The van der Waals surface area contributed by atoms with Crippen molar-refractivity contribution in [3.8, 4) is 0 Å². The van der Waals surface area contributed by atoms with Gasteiger partial charge in [-0.2, -0.15) is 4.98 Å². The van der Waals surface area contributed by atoms with Gasteiger partial charge in [0.15, 0.2) is 12.5 Å². The Hall–Kier alpha value is -1.97. The van der Waals surface area contributed by atoms with Crippen LogP contribution in [-0.4, -0.2) is 41.1 Å². The van der Waals surface area contributed by atoms with E-state index in [-0.39, 0.29) is 24.9 Å². The van der Waals surface area contributed by atoms with E-state index in [1.807, 2.05) is 13.8 Å². The number of anilines is 1. The Labute approximate surface area is 133 Å². The molecule has 0 amide bonds. The minimum atomic E-state index is -0.752. The second-order valence-electron chi connectivity index (χ2n) is 5.44. The van der Waals surface area contributed by atoms with Crippen molar-refractivity contribution >= 4 is 11.8 Å². The Morgan fingerprint density at radius 1 is 1.61 bits per heavy atom. The van der Waals surface area contributed by atoms with Gasteiger partial charge in [-0.05, 0) is 12.0 Å². The van der Waals surface area contributed by atoms with Crippen LogP contribution in [-0.2, 0) is 19.0 Å². The van der Waals surface area contributed by atoms with Crippen LogP contribution in [0.25, 0.3) is 0 Å². The molecule has 4 unspecified atom stereocenters. The van der Waals surface area contributed by atoms with Crippen LogP contribution in [0, 0.1) is 5.92 Å². The van der Waals surface area contributed by atoms with Crippen molar-refractivity contribution in [1.82, 2.24) is 9.55 Å². The lowest BCUT2D eigenvalue weighted by Crippen LogP contribution is -2.39. The maximum Gasteiger partial charge on any atom is 0.351 e. The van der Waals surface area contributed by atoms with Crippen molar-refractivity contribution < 1.29 is 19.0 Å². The van der Waals surface area contributed by atoms with E-state index in [2.05, 4.69) is 4.98 Å². The molecule has 0 radical (unpaired) electrons. The van der Waals surface area contributed by atoms with Crippen molar-refractivity contribution in [1.29, 1.82) is 0 Å². The second kappa shape index (κ2) is 7.53. The zero-order valence-electron chi connectivity index (χ0n) is 13.2. The molecule has 128 valence electrons. The third-order valence-corrected chi connectivity index (χ3v) is 3.79. The monoisotopic (exact) mass is 326 g/mol. The number of nitrogens with two attached hydrogens (primary N) is 2. The maximum atomic E-state index is 11.8. The van der Waals surface area contributed by atoms with Crippen molar-refractivity contribution in [2.75, 3.05) is 18.9 Å². The van der Waals surface area contributed by atoms with E-state index < -0.39 is 30.2 Å². The molecule has 1 fully saturated rings. The fraction of sp³-hybridized carbons (Fsp3) is 0.643. The topological polar surface area (TPSA) is 132 Å². The van der Waals surface area contributed by atoms with Crippen molar-refractivity contribution in [2.45, 2.75) is 38.8 Å². The van der Waals surface area contributed by atoms with Gasteiger partial charge in [0.05, 0.1) is 6.61 Å². The van der Waals surface area contributed by atoms with E-state index >= 15 is 0 Å². The summed E-state index contributed by atoms with van der Waals surface area (Å²) in [7, 11) is 0. The second-order valence-corrected chi connectivity index (χ2v) is 5.44. The summed E-state index contributed by atoms with van der Waals surface area (Å²) in [5.74, 6) is -0.337. The molecule has 9 nitrogen and oxygen atoms in total. The lowest BCUT2D eigenvalue weighted by molar-refractivity contribution is -0.161. The number of carbonyl (C=O) groups is 1. The molecule has 1 aromatic heterocycles. The van der Waals surface area contributed by atoms with Gasteiger partial charge < -0.3 is 25.7 Å². The highest BCUT2D eigenvalue weighted by molar-refractivity contribution is 5.75. The van der Waals surface area contributed by atoms with Crippen LogP contribution in [0.2, 0.25) is 0 Å². The van der Waals surface area contributed by atoms with Gasteiger partial charge in [0.25, 0.3) is 0 Å². The molecule has 0 spiro atoms. The van der Waals surface area contributed by atoms with Crippen LogP contribution in [0.15, 0.2) is 17.1 Å². The van der Waals surface area contributed by atoms with Gasteiger partial charge in [0.2, 0.25) is 0 Å². The third kappa shape index (κ3) is 4.27. The van der Waals surface area contributed by atoms with Gasteiger partial charge in [-0.3, -0.25) is 9.36 Å². The summed E-state index contributed by atoms with van der Waals surface area (Å²) in [6.07, 6.45) is 0.869. The Morgan fingerprint density at radius 3 is 3.00 bits per heavy atom. The van der Waals surface area contributed by atoms with Crippen LogP contribution < -0.4 is 17.2 Å². The summed E-state index contributed by atoms with van der Waals surface area (Å²) in [4.78, 5) is 27.2. The molecule has 0 saturated carbocycles. The predicted octanol–water partition coefficient (Wildman–Crippen LogP) is -0.386. The molecule has 0 bridgehead atoms. The van der Waals surface area contributed by atoms with Crippen molar-refractivity contribution in [3.05, 3.63) is 22.7 Å². The van der Waals surface area contributed by atoms with Crippen molar-refractivity contribution in [3.63, 3.8) is 0 Å². The average molecular weight is 326 g/mol. The summed E-state index contributed by atoms with van der Waals surface area (Å²) in [6, 6.07) is 0.810. The standard InChI is InChI=1S/C14H22N4O5/c1-3-8(2)12(16)13(19)22-7-11-21-6-10(23-11)18-5-4-9(15)17-14(18)20/h4-5,8,10-12H,3,6-7,16H2,1-2H3,(H2,15,17,20). The fourth-order valence-electron chi connectivity index (χ4n) is 2.05. The highest BCUT2D eigenvalue weighted by Crippen LogP contribution is 2.20. The molecular formula is C14H22N4O5. The van der Waals surface area contributed by atoms with Gasteiger partial charge in [-0.1, -0.05) is 20.3 Å². The van der Waals surface area contributed by atoms with Crippen molar-refractivity contribution in [2.24, 2.45) is 11.7 Å². The van der Waals surface area contributed by atoms with E-state index in [0.717, 1.165) is 6.42 Å². The van der Waals surface area contributed by atoms with Gasteiger partial charge in [-0.25, -0.2) is 4.79 Å². The van der Waals surface area contributed by atoms with Crippen LogP contribution in [0.3, 0.4) is 0 Å². The number of hydrogen-bond acceptors (Lipinski definition) is 8. The van der Waals surface area contributed by atoms with Gasteiger partial charge in [0.1, 0.15) is 18.5 Å². The van der Waals surface area contributed by atoms with Gasteiger partial charge in [0, 0.05) is 6.20 Å². The van der Waals surface area contributed by atoms with Gasteiger partial charge >= 0.3 is 11.7 Å². The summed E-state index contributed by atoms with van der Waals surface area (Å²) in [5, 5.41) is 0. The Bertz CT molecular complexity index is 605. The Morgan fingerprint density at radius 2 is 2.35 bits per heavy atom. The maximum absolute atomic E-state index is 11.8. The number of carbonyl (C=O) groups excluding carboxylic acids is 1. The lowest BCUT2D eigenvalue weighted by Gasteiger charge is -2.18. The Balaban J connectivity index is 1.86. The van der Waals surface area contributed by atoms with Gasteiger partial charge in [-0.15, -0.1) is 0 Å². The number of ether oxygens (including phenoxy) is 3. The molecule has 1 aliphatic rings. The third-order valence-electron chi connectivity index (χ3n) is 3.79. The quantitative estimate of drug-likeness (QED) is 0.676. The Kier molecular flexibility index (Phi) is 5.69. The molecule has 0 aromatic carbocycles. The average Bonchev–Trinajstić information content (AvgIpc) is 2.99. The zero-order valence-corrected chi connectivity index (χ0v) is 13.2. The van der Waals surface area contributed by atoms with Crippen LogP contribution in [0.4, 0.5) is 5.82 Å². The molecule has 4 atom stereocenters. The summed E-state index contributed by atoms with van der Waals surface area (Å²) < 4.78 is 17.3. The number of aromatic nitrogens is 2. The number of esters is 1. The first kappa shape index (κ1) is 17.4. The van der Waals surface area contributed by atoms with Crippen LogP contribution >= 0.6 is 0 Å². The molecule has 9 heteroatoms. The minimum absolute atomic E-state index is 0.0279. The van der Waals surface area contributed by atoms with E-state index in [4.69, 9.17) is 25.7 Å². The molecule has 1 saturated heterocycles. The predicted molar refractivity (Wildman–Crippen MR) is 81.2 cm³/mol. The number of hydrogen-bond donors (Lipinski definition) is 2. The number of rotatable bonds is 6. The highest BCUT2D eigenvalue weighted by Gasteiger charge is 2.30. The fourth-order valence-corrected chi connectivity index (χ4v) is 2.05. The molecule has 2 rings (SSSR count). The first-order chi connectivity index (χ1) is 10.9. The molecule has 1 aromatic rings. The highest BCUT2D eigenvalue weighted by atomic mass is 16.7. The molecule has 2 heterocycles. The first-order valence-electron chi connectivity index (χ1n) is 7.46. The molecular weight excluding hydrogens is 304 g/mol. The number of nitrogens with zero attached hydrogens (tertiary/aromatic N) is 2.